The molecule has 1 fully saturated rings. The number of nitrogens with one attached hydrogen (secondary N) is 1. The number of rotatable bonds is 0. The van der Waals surface area contributed by atoms with Crippen molar-refractivity contribution in [2.45, 2.75) is 32.4 Å². The van der Waals surface area contributed by atoms with Gasteiger partial charge in [-0.15, -0.1) is 0 Å². The third-order valence-electron chi connectivity index (χ3n) is 1.32. The Kier molecular flexibility index (Phi) is 1.98. The van der Waals surface area contributed by atoms with Crippen LogP contribution in [0.2, 0.25) is 0 Å². The molecule has 4 nitrogen and oxygen atoms in total. The Bertz CT molecular complexity index is 195. The van der Waals surface area contributed by atoms with Crippen LogP contribution in [0.25, 0.3) is 0 Å². The summed E-state index contributed by atoms with van der Waals surface area (Å²) in [4.78, 5) is 0. The molecule has 0 spiro atoms. The Morgan fingerprint density at radius 3 is 2.50 bits per heavy atom. The lowest BCUT2D eigenvalue weighted by Crippen LogP contribution is -2.43. The van der Waals surface area contributed by atoms with E-state index in [-0.39, 0.29) is 12.1 Å². The van der Waals surface area contributed by atoms with Crippen molar-refractivity contribution in [1.29, 1.82) is 0 Å². The maximum Gasteiger partial charge on any atom is 0.336 e. The topological polar surface area (TPSA) is 55.4 Å². The maximum absolute atomic E-state index is 10.7. The van der Waals surface area contributed by atoms with Gasteiger partial charge in [-0.3, -0.25) is 4.18 Å². The zero-order valence-corrected chi connectivity index (χ0v) is 6.81. The first-order valence-electron chi connectivity index (χ1n) is 3.20. The van der Waals surface area contributed by atoms with Crippen molar-refractivity contribution >= 4 is 10.3 Å². The van der Waals surface area contributed by atoms with Crippen LogP contribution in [0.5, 0.6) is 0 Å². The van der Waals surface area contributed by atoms with Gasteiger partial charge in [-0.25, -0.2) is 0 Å². The predicted molar refractivity (Wildman–Crippen MR) is 36.7 cm³/mol. The molecule has 0 aromatic heterocycles. The van der Waals surface area contributed by atoms with Crippen molar-refractivity contribution in [2.75, 3.05) is 0 Å². The summed E-state index contributed by atoms with van der Waals surface area (Å²) in [6, 6.07) is -0.00579. The molecule has 0 aromatic rings. The molecule has 0 aliphatic carbocycles. The van der Waals surface area contributed by atoms with Gasteiger partial charge in [0.2, 0.25) is 0 Å². The lowest BCUT2D eigenvalue weighted by molar-refractivity contribution is 0.178. The van der Waals surface area contributed by atoms with Gasteiger partial charge in [-0.2, -0.15) is 13.1 Å². The Labute approximate surface area is 60.8 Å². The van der Waals surface area contributed by atoms with E-state index < -0.39 is 10.3 Å². The lowest BCUT2D eigenvalue weighted by atomic mass is 10.2. The minimum atomic E-state index is -3.43. The second kappa shape index (κ2) is 2.48. The Balaban J connectivity index is 2.69. The average molecular weight is 165 g/mol. The molecule has 0 radical (unpaired) electrons. The van der Waals surface area contributed by atoms with Crippen LogP contribution in [-0.4, -0.2) is 20.6 Å². The molecule has 1 rings (SSSR count). The standard InChI is InChI=1S/C5H11NO3S/c1-4-3-5(2)9-10(7,8)6-4/h4-6H,3H2,1-2H3/t4?,5-/m0/s1. The highest BCUT2D eigenvalue weighted by atomic mass is 32.2. The van der Waals surface area contributed by atoms with Gasteiger partial charge in [0.1, 0.15) is 0 Å². The molecule has 0 saturated carbocycles. The van der Waals surface area contributed by atoms with Crippen LogP contribution >= 0.6 is 0 Å². The fraction of sp³-hybridized carbons (Fsp3) is 1.00. The van der Waals surface area contributed by atoms with E-state index in [0.29, 0.717) is 0 Å². The maximum atomic E-state index is 10.7. The fourth-order valence-electron chi connectivity index (χ4n) is 1.08. The van der Waals surface area contributed by atoms with Crippen molar-refractivity contribution in [3.63, 3.8) is 0 Å². The van der Waals surface area contributed by atoms with Crippen LogP contribution < -0.4 is 4.72 Å². The van der Waals surface area contributed by atoms with E-state index in [1.54, 1.807) is 6.92 Å². The van der Waals surface area contributed by atoms with E-state index in [9.17, 15) is 8.42 Å². The van der Waals surface area contributed by atoms with Gasteiger partial charge in [0.05, 0.1) is 6.10 Å². The zero-order valence-electron chi connectivity index (χ0n) is 5.99. The minimum Gasteiger partial charge on any atom is -0.255 e. The van der Waals surface area contributed by atoms with Crippen molar-refractivity contribution in [3.05, 3.63) is 0 Å². The molecule has 1 aliphatic heterocycles. The molecule has 1 unspecified atom stereocenters. The van der Waals surface area contributed by atoms with Crippen LogP contribution in [-0.2, 0) is 14.5 Å². The van der Waals surface area contributed by atoms with Crippen molar-refractivity contribution in [1.82, 2.24) is 4.72 Å². The molecule has 1 aliphatic rings. The highest BCUT2D eigenvalue weighted by Gasteiger charge is 2.25. The van der Waals surface area contributed by atoms with Crippen molar-refractivity contribution < 1.29 is 12.6 Å². The molecule has 0 aromatic carbocycles. The molecule has 60 valence electrons. The lowest BCUT2D eigenvalue weighted by Gasteiger charge is -2.24. The summed E-state index contributed by atoms with van der Waals surface area (Å²) in [5.74, 6) is 0. The molecule has 1 saturated heterocycles. The summed E-state index contributed by atoms with van der Waals surface area (Å²) in [5.41, 5.74) is 0. The molecule has 1 heterocycles. The third-order valence-corrected chi connectivity index (χ3v) is 2.59. The van der Waals surface area contributed by atoms with Crippen molar-refractivity contribution in [2.24, 2.45) is 0 Å². The first-order chi connectivity index (χ1) is 4.49. The van der Waals surface area contributed by atoms with Crippen LogP contribution in [0.1, 0.15) is 20.3 Å². The summed E-state index contributed by atoms with van der Waals surface area (Å²) in [5, 5.41) is 0. The van der Waals surface area contributed by atoms with Crippen LogP contribution in [0, 0.1) is 0 Å². The quantitative estimate of drug-likeness (QED) is 0.550. The molecular weight excluding hydrogens is 154 g/mol. The second-order valence-corrected chi connectivity index (χ2v) is 3.95. The Hall–Kier alpha value is -0.130. The van der Waals surface area contributed by atoms with Crippen molar-refractivity contribution in [3.8, 4) is 0 Å². The first kappa shape index (κ1) is 7.97. The molecular formula is C5H11NO3S. The van der Waals surface area contributed by atoms with E-state index in [1.807, 2.05) is 6.92 Å². The van der Waals surface area contributed by atoms with Crippen LogP contribution in [0.3, 0.4) is 0 Å². The predicted octanol–water partition coefficient (Wildman–Crippen LogP) is 0.0181. The normalized spacial score (nSPS) is 39.4. The van der Waals surface area contributed by atoms with E-state index in [0.717, 1.165) is 6.42 Å². The molecule has 10 heavy (non-hydrogen) atoms. The second-order valence-electron chi connectivity index (χ2n) is 2.62. The summed E-state index contributed by atoms with van der Waals surface area (Å²) < 4.78 is 28.4. The van der Waals surface area contributed by atoms with Gasteiger partial charge in [0.25, 0.3) is 0 Å². The Morgan fingerprint density at radius 2 is 2.10 bits per heavy atom. The molecule has 2 atom stereocenters. The summed E-state index contributed by atoms with van der Waals surface area (Å²) in [6.07, 6.45) is 0.542. The van der Waals surface area contributed by atoms with Gasteiger partial charge >= 0.3 is 10.3 Å². The number of hydrogen-bond acceptors (Lipinski definition) is 3. The highest BCUT2D eigenvalue weighted by Crippen LogP contribution is 2.11. The third kappa shape index (κ3) is 1.93. The van der Waals surface area contributed by atoms with Gasteiger partial charge in [-0.05, 0) is 20.3 Å². The fourth-order valence-corrected chi connectivity index (χ4v) is 2.23. The van der Waals surface area contributed by atoms with Gasteiger partial charge < -0.3 is 0 Å². The molecule has 1 N–H and O–H groups in total. The smallest absolute Gasteiger partial charge is 0.255 e. The van der Waals surface area contributed by atoms with Crippen LogP contribution in [0.15, 0.2) is 0 Å². The Morgan fingerprint density at radius 1 is 1.50 bits per heavy atom. The zero-order chi connectivity index (χ0) is 7.78. The van der Waals surface area contributed by atoms with E-state index >= 15 is 0 Å². The average Bonchev–Trinajstić information content (AvgIpc) is 1.54. The van der Waals surface area contributed by atoms with Crippen LogP contribution in [0.4, 0.5) is 0 Å². The summed E-state index contributed by atoms with van der Waals surface area (Å²) in [6.45, 7) is 3.56. The minimum absolute atomic E-state index is 0.00579. The SMILES string of the molecule is CC1C[C@H](C)OS(=O)(=O)N1. The molecule has 0 amide bonds. The summed E-state index contributed by atoms with van der Waals surface area (Å²) >= 11 is 0. The monoisotopic (exact) mass is 165 g/mol. The van der Waals surface area contributed by atoms with E-state index in [2.05, 4.69) is 8.91 Å². The van der Waals surface area contributed by atoms with Gasteiger partial charge in [0.15, 0.2) is 0 Å². The number of hydrogen-bond donors (Lipinski definition) is 1. The summed E-state index contributed by atoms with van der Waals surface area (Å²) in [7, 11) is -3.43. The first-order valence-corrected chi connectivity index (χ1v) is 4.61. The van der Waals surface area contributed by atoms with E-state index in [4.69, 9.17) is 0 Å². The molecule has 0 bridgehead atoms. The largest absolute Gasteiger partial charge is 0.336 e. The van der Waals surface area contributed by atoms with E-state index in [1.165, 1.54) is 0 Å². The van der Waals surface area contributed by atoms with Gasteiger partial charge in [0, 0.05) is 6.04 Å². The highest BCUT2D eigenvalue weighted by molar-refractivity contribution is 7.84. The van der Waals surface area contributed by atoms with Gasteiger partial charge in [-0.1, -0.05) is 0 Å². The molecule has 5 heteroatoms.